The third kappa shape index (κ3) is 2.96. The van der Waals surface area contributed by atoms with E-state index in [0.717, 1.165) is 0 Å². The zero-order chi connectivity index (χ0) is 14.0. The van der Waals surface area contributed by atoms with Gasteiger partial charge in [0, 0.05) is 10.5 Å². The lowest BCUT2D eigenvalue weighted by Crippen LogP contribution is -2.12. The van der Waals surface area contributed by atoms with Gasteiger partial charge in [0.2, 0.25) is 0 Å². The fourth-order valence-corrected chi connectivity index (χ4v) is 1.82. The van der Waals surface area contributed by atoms with Crippen LogP contribution in [-0.4, -0.2) is 4.98 Å². The average molecular weight is 333 g/mol. The number of pyridine rings is 1. The van der Waals surface area contributed by atoms with Gasteiger partial charge in [0.25, 0.3) is 0 Å². The molecule has 0 aliphatic rings. The van der Waals surface area contributed by atoms with Gasteiger partial charge in [0.05, 0.1) is 5.69 Å². The molecular formula is C11H8BrF3N4. The lowest BCUT2D eigenvalue weighted by Gasteiger charge is -2.10. The van der Waals surface area contributed by atoms with Crippen molar-refractivity contribution in [2.75, 3.05) is 10.7 Å². The van der Waals surface area contributed by atoms with Crippen molar-refractivity contribution in [3.63, 3.8) is 0 Å². The van der Waals surface area contributed by atoms with Crippen molar-refractivity contribution in [3.05, 3.63) is 46.2 Å². The number of rotatable bonds is 3. The molecule has 0 aliphatic carbocycles. The zero-order valence-electron chi connectivity index (χ0n) is 9.35. The summed E-state index contributed by atoms with van der Waals surface area (Å²) in [7, 11) is 0. The summed E-state index contributed by atoms with van der Waals surface area (Å²) in [5.41, 5.74) is 2.39. The van der Waals surface area contributed by atoms with Crippen molar-refractivity contribution >= 4 is 33.3 Å². The van der Waals surface area contributed by atoms with Crippen molar-refractivity contribution in [1.82, 2.24) is 4.98 Å². The Hall–Kier alpha value is -1.80. The average Bonchev–Trinajstić information content (AvgIpc) is 2.35. The first kappa shape index (κ1) is 13.6. The first-order valence-corrected chi connectivity index (χ1v) is 5.85. The van der Waals surface area contributed by atoms with Gasteiger partial charge in [-0.2, -0.15) is 0 Å². The van der Waals surface area contributed by atoms with E-state index in [4.69, 9.17) is 5.84 Å². The van der Waals surface area contributed by atoms with Gasteiger partial charge in [0.1, 0.15) is 5.82 Å². The van der Waals surface area contributed by atoms with Crippen molar-refractivity contribution in [1.29, 1.82) is 0 Å². The highest BCUT2D eigenvalue weighted by Crippen LogP contribution is 2.28. The van der Waals surface area contributed by atoms with Crippen LogP contribution in [0.5, 0.6) is 0 Å². The van der Waals surface area contributed by atoms with Crippen LogP contribution in [0.2, 0.25) is 0 Å². The first-order valence-electron chi connectivity index (χ1n) is 5.06. The normalized spacial score (nSPS) is 10.4. The quantitative estimate of drug-likeness (QED) is 0.596. The van der Waals surface area contributed by atoms with Gasteiger partial charge in [-0.25, -0.2) is 24.0 Å². The SMILES string of the molecule is NNc1nc(Nc2ccc(F)cc2Br)c(F)cc1F. The highest BCUT2D eigenvalue weighted by Gasteiger charge is 2.12. The van der Waals surface area contributed by atoms with Crippen LogP contribution in [0.15, 0.2) is 28.7 Å². The van der Waals surface area contributed by atoms with Crippen LogP contribution in [0.4, 0.5) is 30.5 Å². The smallest absolute Gasteiger partial charge is 0.178 e. The molecule has 0 radical (unpaired) electrons. The highest BCUT2D eigenvalue weighted by molar-refractivity contribution is 9.10. The van der Waals surface area contributed by atoms with Crippen LogP contribution in [0.3, 0.4) is 0 Å². The molecule has 0 spiro atoms. The Bertz CT molecular complexity index is 621. The maximum Gasteiger partial charge on any atom is 0.178 e. The van der Waals surface area contributed by atoms with E-state index in [-0.39, 0.29) is 11.6 Å². The van der Waals surface area contributed by atoms with Gasteiger partial charge in [-0.1, -0.05) is 0 Å². The standard InChI is InChI=1S/C11H8BrF3N4/c12-6-3-5(13)1-2-9(6)17-10-7(14)4-8(15)11(18-10)19-16/h1-4H,16H2,(H2,17,18,19). The van der Waals surface area contributed by atoms with Crippen LogP contribution in [0, 0.1) is 17.5 Å². The molecule has 0 bridgehead atoms. The molecule has 1 aromatic heterocycles. The fourth-order valence-electron chi connectivity index (χ4n) is 1.37. The predicted octanol–water partition coefficient (Wildman–Crippen LogP) is 3.29. The number of nitrogens with zero attached hydrogens (tertiary/aromatic N) is 1. The Balaban J connectivity index is 2.37. The molecule has 19 heavy (non-hydrogen) atoms. The van der Waals surface area contributed by atoms with Gasteiger partial charge >= 0.3 is 0 Å². The molecule has 0 fully saturated rings. The van der Waals surface area contributed by atoms with E-state index < -0.39 is 17.5 Å². The van der Waals surface area contributed by atoms with Crippen molar-refractivity contribution < 1.29 is 13.2 Å². The molecule has 0 saturated heterocycles. The number of hydrogen-bond acceptors (Lipinski definition) is 4. The third-order valence-electron chi connectivity index (χ3n) is 2.25. The second-order valence-electron chi connectivity index (χ2n) is 3.54. The maximum atomic E-state index is 13.5. The summed E-state index contributed by atoms with van der Waals surface area (Å²) < 4.78 is 40.0. The molecule has 2 rings (SSSR count). The number of anilines is 3. The zero-order valence-corrected chi connectivity index (χ0v) is 10.9. The van der Waals surface area contributed by atoms with Gasteiger partial charge in [-0.3, -0.25) is 0 Å². The predicted molar refractivity (Wildman–Crippen MR) is 69.3 cm³/mol. The Morgan fingerprint density at radius 2 is 1.74 bits per heavy atom. The Morgan fingerprint density at radius 1 is 1.05 bits per heavy atom. The van der Waals surface area contributed by atoms with Crippen LogP contribution in [-0.2, 0) is 0 Å². The third-order valence-corrected chi connectivity index (χ3v) is 2.91. The Kier molecular flexibility index (Phi) is 3.91. The van der Waals surface area contributed by atoms with Gasteiger partial charge < -0.3 is 10.7 Å². The van der Waals surface area contributed by atoms with E-state index in [1.165, 1.54) is 18.2 Å². The number of nitrogens with one attached hydrogen (secondary N) is 2. The van der Waals surface area contributed by atoms with E-state index in [1.807, 2.05) is 5.43 Å². The summed E-state index contributed by atoms with van der Waals surface area (Å²) in [5.74, 6) is 2.25. The van der Waals surface area contributed by atoms with E-state index >= 15 is 0 Å². The minimum atomic E-state index is -0.913. The first-order chi connectivity index (χ1) is 9.01. The molecule has 8 heteroatoms. The van der Waals surface area contributed by atoms with Crippen LogP contribution >= 0.6 is 15.9 Å². The minimum Gasteiger partial charge on any atom is -0.337 e. The summed E-state index contributed by atoms with van der Waals surface area (Å²) in [6.07, 6.45) is 0. The van der Waals surface area contributed by atoms with Crippen LogP contribution in [0.25, 0.3) is 0 Å². The molecule has 0 unspecified atom stereocenters. The topological polar surface area (TPSA) is 63.0 Å². The second-order valence-corrected chi connectivity index (χ2v) is 4.40. The molecule has 0 atom stereocenters. The number of hydrazine groups is 1. The highest BCUT2D eigenvalue weighted by atomic mass is 79.9. The Labute approximate surface area is 114 Å². The van der Waals surface area contributed by atoms with E-state index in [1.54, 1.807) is 0 Å². The number of hydrogen-bond donors (Lipinski definition) is 3. The van der Waals surface area contributed by atoms with Gasteiger partial charge in [0.15, 0.2) is 23.3 Å². The molecule has 100 valence electrons. The summed E-state index contributed by atoms with van der Waals surface area (Å²) in [6, 6.07) is 4.42. The van der Waals surface area contributed by atoms with Crippen molar-refractivity contribution in [2.24, 2.45) is 5.84 Å². The van der Waals surface area contributed by atoms with Crippen LogP contribution in [0.1, 0.15) is 0 Å². The molecule has 4 N–H and O–H groups in total. The molecule has 1 aromatic carbocycles. The molecule has 1 heterocycles. The molecular weight excluding hydrogens is 325 g/mol. The minimum absolute atomic E-state index is 0.235. The number of benzene rings is 1. The number of nitrogens with two attached hydrogens (primary N) is 1. The largest absolute Gasteiger partial charge is 0.337 e. The summed E-state index contributed by atoms with van der Waals surface area (Å²) in [6.45, 7) is 0. The van der Waals surface area contributed by atoms with Gasteiger partial charge in [-0.05, 0) is 34.1 Å². The van der Waals surface area contributed by atoms with Crippen molar-refractivity contribution in [2.45, 2.75) is 0 Å². The lowest BCUT2D eigenvalue weighted by atomic mass is 10.3. The molecule has 0 aliphatic heterocycles. The maximum absolute atomic E-state index is 13.5. The van der Waals surface area contributed by atoms with E-state index in [9.17, 15) is 13.2 Å². The Morgan fingerprint density at radius 3 is 2.37 bits per heavy atom. The molecule has 4 nitrogen and oxygen atoms in total. The van der Waals surface area contributed by atoms with Crippen LogP contribution < -0.4 is 16.6 Å². The number of aromatic nitrogens is 1. The molecule has 0 amide bonds. The summed E-state index contributed by atoms with van der Waals surface area (Å²) >= 11 is 3.11. The number of halogens is 4. The van der Waals surface area contributed by atoms with Gasteiger partial charge in [-0.15, -0.1) is 0 Å². The van der Waals surface area contributed by atoms with E-state index in [0.29, 0.717) is 16.2 Å². The lowest BCUT2D eigenvalue weighted by molar-refractivity contribution is 0.579. The van der Waals surface area contributed by atoms with E-state index in [2.05, 4.69) is 26.2 Å². The molecule has 2 aromatic rings. The number of nitrogen functional groups attached to an aromatic ring is 1. The van der Waals surface area contributed by atoms with Crippen molar-refractivity contribution in [3.8, 4) is 0 Å². The molecule has 0 saturated carbocycles. The fraction of sp³-hybridized carbons (Fsp3) is 0. The second kappa shape index (κ2) is 5.45. The monoisotopic (exact) mass is 332 g/mol. The summed E-state index contributed by atoms with van der Waals surface area (Å²) in [4.78, 5) is 3.64. The summed E-state index contributed by atoms with van der Waals surface area (Å²) in [5, 5.41) is 2.61.